The first kappa shape index (κ1) is 22.5. The van der Waals surface area contributed by atoms with Gasteiger partial charge in [-0.15, -0.1) is 0 Å². The summed E-state index contributed by atoms with van der Waals surface area (Å²) >= 11 is 6.48. The molecule has 3 aromatic rings. The van der Waals surface area contributed by atoms with E-state index < -0.39 is 0 Å². The standard InChI is InChI=1S/C27H31ClN2O2/c1-5-17-9-7-10-18(6-2)26(17)24-16-25(32-4)27-21(11-8-12-22(27)30-24)29-23-15-19(31-3)13-14-20(23)28/h7,9-10,13-16,21,29H,5-6,8,11-12H2,1-4H3. The minimum Gasteiger partial charge on any atom is -0.497 e. The van der Waals surface area contributed by atoms with Gasteiger partial charge in [-0.2, -0.15) is 0 Å². The predicted octanol–water partition coefficient (Wildman–Crippen LogP) is 7.03. The van der Waals surface area contributed by atoms with E-state index in [2.05, 4.69) is 43.4 Å². The summed E-state index contributed by atoms with van der Waals surface area (Å²) in [5.74, 6) is 1.66. The number of anilines is 1. The molecular formula is C27H31ClN2O2. The van der Waals surface area contributed by atoms with Crippen molar-refractivity contribution in [1.82, 2.24) is 4.98 Å². The highest BCUT2D eigenvalue weighted by Gasteiger charge is 2.27. The molecule has 1 heterocycles. The van der Waals surface area contributed by atoms with Gasteiger partial charge in [0.15, 0.2) is 0 Å². The lowest BCUT2D eigenvalue weighted by Crippen LogP contribution is -2.20. The summed E-state index contributed by atoms with van der Waals surface area (Å²) in [5.41, 5.74) is 8.02. The molecule has 0 radical (unpaired) electrons. The number of pyridine rings is 1. The number of fused-ring (bicyclic) bond motifs is 1. The van der Waals surface area contributed by atoms with Gasteiger partial charge in [-0.05, 0) is 55.4 Å². The maximum Gasteiger partial charge on any atom is 0.128 e. The Morgan fingerprint density at radius 1 is 1.03 bits per heavy atom. The number of nitrogens with one attached hydrogen (secondary N) is 1. The summed E-state index contributed by atoms with van der Waals surface area (Å²) in [7, 11) is 3.41. The summed E-state index contributed by atoms with van der Waals surface area (Å²) < 4.78 is 11.3. The molecule has 32 heavy (non-hydrogen) atoms. The van der Waals surface area contributed by atoms with E-state index in [9.17, 15) is 0 Å². The second-order valence-corrected chi connectivity index (χ2v) is 8.57. The summed E-state index contributed by atoms with van der Waals surface area (Å²) in [4.78, 5) is 5.18. The number of nitrogens with zero attached hydrogens (tertiary/aromatic N) is 1. The van der Waals surface area contributed by atoms with Crippen LogP contribution in [0.5, 0.6) is 11.5 Å². The highest BCUT2D eigenvalue weighted by atomic mass is 35.5. The molecule has 5 heteroatoms. The van der Waals surface area contributed by atoms with Crippen molar-refractivity contribution in [3.63, 3.8) is 0 Å². The summed E-state index contributed by atoms with van der Waals surface area (Å²) in [5, 5.41) is 4.30. The molecule has 1 unspecified atom stereocenters. The molecule has 168 valence electrons. The maximum absolute atomic E-state index is 6.48. The van der Waals surface area contributed by atoms with E-state index in [4.69, 9.17) is 26.1 Å². The van der Waals surface area contributed by atoms with Gasteiger partial charge in [0.1, 0.15) is 11.5 Å². The zero-order valence-electron chi connectivity index (χ0n) is 19.3. The van der Waals surface area contributed by atoms with Crippen LogP contribution in [0.2, 0.25) is 5.02 Å². The lowest BCUT2D eigenvalue weighted by Gasteiger charge is -2.29. The van der Waals surface area contributed by atoms with Gasteiger partial charge in [-0.25, -0.2) is 0 Å². The van der Waals surface area contributed by atoms with E-state index in [1.165, 1.54) is 16.7 Å². The molecule has 1 aliphatic carbocycles. The molecule has 1 atom stereocenters. The quantitative estimate of drug-likeness (QED) is 0.419. The van der Waals surface area contributed by atoms with Gasteiger partial charge in [0, 0.05) is 23.3 Å². The van der Waals surface area contributed by atoms with Crippen molar-refractivity contribution >= 4 is 17.3 Å². The number of methoxy groups -OCH3 is 2. The Balaban J connectivity index is 1.79. The number of hydrogen-bond acceptors (Lipinski definition) is 4. The summed E-state index contributed by atoms with van der Waals surface area (Å²) in [6.07, 6.45) is 4.94. The van der Waals surface area contributed by atoms with Crippen LogP contribution >= 0.6 is 11.6 Å². The van der Waals surface area contributed by atoms with Crippen LogP contribution in [0.3, 0.4) is 0 Å². The zero-order chi connectivity index (χ0) is 22.7. The molecule has 0 saturated heterocycles. The predicted molar refractivity (Wildman–Crippen MR) is 132 cm³/mol. The van der Waals surface area contributed by atoms with E-state index >= 15 is 0 Å². The Morgan fingerprint density at radius 3 is 2.44 bits per heavy atom. The third-order valence-corrected chi connectivity index (χ3v) is 6.66. The fraction of sp³-hybridized carbons (Fsp3) is 0.370. The summed E-state index contributed by atoms with van der Waals surface area (Å²) in [6.45, 7) is 4.40. The number of halogens is 1. The van der Waals surface area contributed by atoms with Crippen LogP contribution in [0.15, 0.2) is 42.5 Å². The van der Waals surface area contributed by atoms with E-state index in [1.807, 2.05) is 18.2 Å². The van der Waals surface area contributed by atoms with Crippen LogP contribution in [-0.2, 0) is 19.3 Å². The van der Waals surface area contributed by atoms with Gasteiger partial charge in [0.2, 0.25) is 0 Å². The van der Waals surface area contributed by atoms with Crippen LogP contribution < -0.4 is 14.8 Å². The van der Waals surface area contributed by atoms with Gasteiger partial charge < -0.3 is 14.8 Å². The Bertz CT molecular complexity index is 1070. The maximum atomic E-state index is 6.48. The molecule has 0 spiro atoms. The van der Waals surface area contributed by atoms with Crippen LogP contribution in [0.1, 0.15) is 55.1 Å². The minimum absolute atomic E-state index is 0.0759. The molecule has 1 aliphatic rings. The van der Waals surface area contributed by atoms with Gasteiger partial charge in [-0.3, -0.25) is 4.98 Å². The third kappa shape index (κ3) is 4.29. The number of rotatable bonds is 7. The van der Waals surface area contributed by atoms with Crippen molar-refractivity contribution in [3.8, 4) is 22.8 Å². The highest BCUT2D eigenvalue weighted by Crippen LogP contribution is 2.42. The fourth-order valence-electron chi connectivity index (χ4n) is 4.71. The molecule has 1 aromatic heterocycles. The SMILES string of the molecule is CCc1cccc(CC)c1-c1cc(OC)c2c(n1)CCCC2Nc1cc(OC)ccc1Cl. The Hall–Kier alpha value is -2.72. The van der Waals surface area contributed by atoms with Crippen molar-refractivity contribution in [3.05, 3.63) is 69.9 Å². The molecule has 0 saturated carbocycles. The zero-order valence-corrected chi connectivity index (χ0v) is 20.1. The van der Waals surface area contributed by atoms with Gasteiger partial charge >= 0.3 is 0 Å². The first-order valence-corrected chi connectivity index (χ1v) is 11.8. The smallest absolute Gasteiger partial charge is 0.128 e. The average Bonchev–Trinajstić information content (AvgIpc) is 2.84. The molecule has 0 amide bonds. The second-order valence-electron chi connectivity index (χ2n) is 8.16. The van der Waals surface area contributed by atoms with Crippen LogP contribution in [-0.4, -0.2) is 19.2 Å². The third-order valence-electron chi connectivity index (χ3n) is 6.33. The fourth-order valence-corrected chi connectivity index (χ4v) is 4.88. The van der Waals surface area contributed by atoms with Gasteiger partial charge in [0.25, 0.3) is 0 Å². The summed E-state index contributed by atoms with van der Waals surface area (Å²) in [6, 6.07) is 14.4. The van der Waals surface area contributed by atoms with Crippen LogP contribution in [0, 0.1) is 0 Å². The molecule has 4 nitrogen and oxygen atoms in total. The second kappa shape index (κ2) is 9.83. The van der Waals surface area contributed by atoms with Crippen molar-refractivity contribution in [2.75, 3.05) is 19.5 Å². The van der Waals surface area contributed by atoms with Crippen molar-refractivity contribution in [2.45, 2.75) is 52.0 Å². The van der Waals surface area contributed by atoms with Crippen LogP contribution in [0.4, 0.5) is 5.69 Å². The normalized spacial score (nSPS) is 15.2. The lowest BCUT2D eigenvalue weighted by molar-refractivity contribution is 0.399. The monoisotopic (exact) mass is 450 g/mol. The minimum atomic E-state index is 0.0759. The van der Waals surface area contributed by atoms with E-state index in [1.54, 1.807) is 14.2 Å². The average molecular weight is 451 g/mol. The Labute approximate surface area is 195 Å². The molecule has 2 aromatic carbocycles. The van der Waals surface area contributed by atoms with Crippen molar-refractivity contribution < 1.29 is 9.47 Å². The van der Waals surface area contributed by atoms with Crippen molar-refractivity contribution in [1.29, 1.82) is 0 Å². The molecule has 0 bridgehead atoms. The molecular weight excluding hydrogens is 420 g/mol. The number of hydrogen-bond donors (Lipinski definition) is 1. The molecule has 4 rings (SSSR count). The van der Waals surface area contributed by atoms with E-state index in [0.717, 1.165) is 66.2 Å². The highest BCUT2D eigenvalue weighted by molar-refractivity contribution is 6.33. The number of ether oxygens (including phenoxy) is 2. The lowest BCUT2D eigenvalue weighted by atomic mass is 9.88. The number of aryl methyl sites for hydroxylation is 3. The largest absolute Gasteiger partial charge is 0.497 e. The Morgan fingerprint density at radius 2 is 1.78 bits per heavy atom. The number of aromatic nitrogens is 1. The first-order chi connectivity index (χ1) is 15.6. The first-order valence-electron chi connectivity index (χ1n) is 11.4. The van der Waals surface area contributed by atoms with E-state index in [0.29, 0.717) is 5.02 Å². The molecule has 1 N–H and O–H groups in total. The van der Waals surface area contributed by atoms with Crippen LogP contribution in [0.25, 0.3) is 11.3 Å². The van der Waals surface area contributed by atoms with E-state index in [-0.39, 0.29) is 6.04 Å². The molecule has 0 aliphatic heterocycles. The van der Waals surface area contributed by atoms with Crippen molar-refractivity contribution in [2.24, 2.45) is 0 Å². The topological polar surface area (TPSA) is 43.4 Å². The number of benzene rings is 2. The van der Waals surface area contributed by atoms with Gasteiger partial charge in [0.05, 0.1) is 42.4 Å². The van der Waals surface area contributed by atoms with Gasteiger partial charge in [-0.1, -0.05) is 43.6 Å². The molecule has 0 fully saturated rings. The Kier molecular flexibility index (Phi) is 6.90.